The molecule has 1 amide bonds. The third-order valence-corrected chi connectivity index (χ3v) is 7.30. The van der Waals surface area contributed by atoms with Crippen LogP contribution in [0.5, 0.6) is 0 Å². The summed E-state index contributed by atoms with van der Waals surface area (Å²) in [5.74, 6) is -0.246. The Balaban J connectivity index is 1.70. The molecular formula is C28H36N4O3. The number of carbonyl (C=O) groups is 1. The number of aromatic nitrogens is 1. The van der Waals surface area contributed by atoms with Gasteiger partial charge in [0.05, 0.1) is 18.9 Å². The van der Waals surface area contributed by atoms with Crippen LogP contribution in [-0.2, 0) is 15.0 Å². The van der Waals surface area contributed by atoms with Crippen LogP contribution in [0.15, 0.2) is 36.5 Å². The fraction of sp³-hybridized carbons (Fsp3) is 0.500. The molecule has 2 heterocycles. The van der Waals surface area contributed by atoms with Gasteiger partial charge >= 0.3 is 0 Å². The number of rotatable bonds is 8. The number of methoxy groups -OCH3 is 1. The number of hydrogen-bond acceptors (Lipinski definition) is 4. The van der Waals surface area contributed by atoms with Gasteiger partial charge in [-0.25, -0.2) is 4.85 Å². The van der Waals surface area contributed by atoms with Crippen molar-refractivity contribution in [2.75, 3.05) is 38.8 Å². The highest BCUT2D eigenvalue weighted by Gasteiger charge is 2.35. The van der Waals surface area contributed by atoms with Crippen molar-refractivity contribution in [3.05, 3.63) is 64.8 Å². The van der Waals surface area contributed by atoms with Crippen molar-refractivity contribution >= 4 is 22.9 Å². The Morgan fingerprint density at radius 1 is 1.23 bits per heavy atom. The zero-order chi connectivity index (χ0) is 24.9. The maximum Gasteiger partial charge on any atom is 0.270 e. The number of benzene rings is 1. The number of nitrogens with one attached hydrogen (secondary N) is 3. The number of hydrogen-bond donors (Lipinski definition) is 3. The first-order valence-electron chi connectivity index (χ1n) is 12.4. The lowest BCUT2D eigenvalue weighted by atomic mass is 9.75. The van der Waals surface area contributed by atoms with E-state index in [1.165, 1.54) is 11.1 Å². The molecule has 2 aromatic rings. The number of ether oxygens (including phenoxy) is 2. The minimum absolute atomic E-state index is 0.188. The second kappa shape index (κ2) is 10.8. The van der Waals surface area contributed by atoms with Gasteiger partial charge in [-0.15, -0.1) is 0 Å². The maximum absolute atomic E-state index is 13.0. The third kappa shape index (κ3) is 5.84. The van der Waals surface area contributed by atoms with Crippen LogP contribution in [-0.4, -0.2) is 44.4 Å². The molecule has 0 radical (unpaired) electrons. The van der Waals surface area contributed by atoms with E-state index in [-0.39, 0.29) is 16.9 Å². The Bertz CT molecular complexity index is 1120. The van der Waals surface area contributed by atoms with E-state index >= 15 is 0 Å². The molecule has 1 aromatic heterocycles. The Labute approximate surface area is 208 Å². The van der Waals surface area contributed by atoms with Crippen molar-refractivity contribution < 1.29 is 14.3 Å². The van der Waals surface area contributed by atoms with Crippen LogP contribution < -0.4 is 10.6 Å². The van der Waals surface area contributed by atoms with Crippen LogP contribution in [0.4, 0.5) is 11.4 Å². The molecule has 2 aliphatic rings. The topological polar surface area (TPSA) is 79.7 Å². The number of allylic oxidation sites excluding steroid dienone is 2. The minimum Gasteiger partial charge on any atom is -0.383 e. The molecule has 0 atom stereocenters. The quantitative estimate of drug-likeness (QED) is 0.340. The van der Waals surface area contributed by atoms with Crippen molar-refractivity contribution in [3.8, 4) is 0 Å². The lowest BCUT2D eigenvalue weighted by molar-refractivity contribution is 0.0336. The Kier molecular flexibility index (Phi) is 7.75. The molecule has 1 fully saturated rings. The SMILES string of the molecule is [C-]#[N+]c1c[nH]c(C(=O)Nc2ccc(C3(NCCOC)CCOCC3)cc2C2=CCC(C)(C)CC2)c1. The molecule has 7 heteroatoms. The monoisotopic (exact) mass is 476 g/mol. The fourth-order valence-electron chi connectivity index (χ4n) is 4.99. The van der Waals surface area contributed by atoms with E-state index in [0.29, 0.717) is 31.2 Å². The average molecular weight is 477 g/mol. The zero-order valence-electron chi connectivity index (χ0n) is 21.0. The maximum atomic E-state index is 13.0. The minimum atomic E-state index is -0.246. The molecule has 0 saturated carbocycles. The zero-order valence-corrected chi connectivity index (χ0v) is 21.0. The first-order valence-corrected chi connectivity index (χ1v) is 12.4. The number of amides is 1. The van der Waals surface area contributed by atoms with Gasteiger partial charge < -0.3 is 25.1 Å². The highest BCUT2D eigenvalue weighted by atomic mass is 16.5. The van der Waals surface area contributed by atoms with E-state index in [9.17, 15) is 4.79 Å². The largest absolute Gasteiger partial charge is 0.383 e. The highest BCUT2D eigenvalue weighted by Crippen LogP contribution is 2.42. The van der Waals surface area contributed by atoms with Gasteiger partial charge in [0.2, 0.25) is 5.69 Å². The second-order valence-corrected chi connectivity index (χ2v) is 10.3. The lowest BCUT2D eigenvalue weighted by Crippen LogP contribution is -2.48. The molecule has 1 saturated heterocycles. The standard InChI is InChI=1S/C28H36N4O3/c1-27(2)9-7-20(8-10-27)23-17-21(28(31-13-16-34-4)11-14-35-15-12-28)5-6-24(23)32-26(33)25-18-22(29-3)19-30-25/h5-7,17-19,30-31H,8-16H2,1-2,4H3,(H,32,33). The van der Waals surface area contributed by atoms with Gasteiger partial charge in [0.25, 0.3) is 5.91 Å². The van der Waals surface area contributed by atoms with E-state index in [1.54, 1.807) is 19.4 Å². The van der Waals surface area contributed by atoms with Crippen LogP contribution in [0.1, 0.15) is 67.6 Å². The molecular weight excluding hydrogens is 440 g/mol. The molecule has 0 bridgehead atoms. The second-order valence-electron chi connectivity index (χ2n) is 10.3. The number of anilines is 1. The highest BCUT2D eigenvalue weighted by molar-refractivity contribution is 6.05. The molecule has 0 spiro atoms. The summed E-state index contributed by atoms with van der Waals surface area (Å²) in [4.78, 5) is 19.3. The van der Waals surface area contributed by atoms with Crippen molar-refractivity contribution in [1.82, 2.24) is 10.3 Å². The molecule has 186 valence electrons. The predicted octanol–water partition coefficient (Wildman–Crippen LogP) is 5.65. The van der Waals surface area contributed by atoms with Gasteiger partial charge in [0, 0.05) is 49.9 Å². The van der Waals surface area contributed by atoms with Gasteiger partial charge in [0.1, 0.15) is 0 Å². The summed E-state index contributed by atoms with van der Waals surface area (Å²) in [6, 6.07) is 7.98. The summed E-state index contributed by atoms with van der Waals surface area (Å²) < 4.78 is 11.0. The Morgan fingerprint density at radius 3 is 2.69 bits per heavy atom. The predicted molar refractivity (Wildman–Crippen MR) is 139 cm³/mol. The molecule has 1 aliphatic heterocycles. The smallest absolute Gasteiger partial charge is 0.270 e. The number of nitrogens with zero attached hydrogens (tertiary/aromatic N) is 1. The van der Waals surface area contributed by atoms with Crippen LogP contribution in [0.3, 0.4) is 0 Å². The van der Waals surface area contributed by atoms with Crippen molar-refractivity contribution in [2.45, 2.75) is 51.5 Å². The van der Waals surface area contributed by atoms with E-state index in [4.69, 9.17) is 16.0 Å². The molecule has 4 rings (SSSR count). The molecule has 7 nitrogen and oxygen atoms in total. The van der Waals surface area contributed by atoms with Crippen molar-refractivity contribution in [1.29, 1.82) is 0 Å². The van der Waals surface area contributed by atoms with Crippen LogP contribution >= 0.6 is 0 Å². The third-order valence-electron chi connectivity index (χ3n) is 7.30. The van der Waals surface area contributed by atoms with Gasteiger partial charge in [-0.3, -0.25) is 4.79 Å². The lowest BCUT2D eigenvalue weighted by Gasteiger charge is -2.39. The number of H-pyrrole nitrogens is 1. The summed E-state index contributed by atoms with van der Waals surface area (Å²) in [5, 5.41) is 6.84. The normalized spacial score (nSPS) is 19.0. The fourth-order valence-corrected chi connectivity index (χ4v) is 4.99. The van der Waals surface area contributed by atoms with Gasteiger partial charge in [0.15, 0.2) is 0 Å². The van der Waals surface area contributed by atoms with Gasteiger partial charge in [-0.1, -0.05) is 26.0 Å². The summed E-state index contributed by atoms with van der Waals surface area (Å²) in [6.45, 7) is 14.6. The molecule has 0 unspecified atom stereocenters. The van der Waals surface area contributed by atoms with E-state index in [0.717, 1.165) is 49.9 Å². The summed E-state index contributed by atoms with van der Waals surface area (Å²) in [7, 11) is 1.72. The van der Waals surface area contributed by atoms with E-state index < -0.39 is 0 Å². The number of carbonyl (C=O) groups excluding carboxylic acids is 1. The molecule has 35 heavy (non-hydrogen) atoms. The summed E-state index contributed by atoms with van der Waals surface area (Å²) in [5.41, 5.74) is 5.25. The molecule has 1 aromatic carbocycles. The van der Waals surface area contributed by atoms with Gasteiger partial charge in [-0.05, 0) is 66.9 Å². The summed E-state index contributed by atoms with van der Waals surface area (Å²) >= 11 is 0. The van der Waals surface area contributed by atoms with E-state index in [2.05, 4.69) is 52.5 Å². The number of aromatic amines is 1. The molecule has 3 N–H and O–H groups in total. The van der Waals surface area contributed by atoms with Crippen molar-refractivity contribution in [3.63, 3.8) is 0 Å². The van der Waals surface area contributed by atoms with Crippen molar-refractivity contribution in [2.24, 2.45) is 5.41 Å². The van der Waals surface area contributed by atoms with Crippen LogP contribution in [0.25, 0.3) is 10.4 Å². The van der Waals surface area contributed by atoms with Crippen LogP contribution in [0.2, 0.25) is 0 Å². The van der Waals surface area contributed by atoms with E-state index in [1.807, 2.05) is 6.07 Å². The average Bonchev–Trinajstić information content (AvgIpc) is 3.35. The Morgan fingerprint density at radius 2 is 2.03 bits per heavy atom. The van der Waals surface area contributed by atoms with Crippen LogP contribution in [0, 0.1) is 12.0 Å². The molecule has 1 aliphatic carbocycles. The first-order chi connectivity index (χ1) is 16.9. The first kappa shape index (κ1) is 25.2. The Hall–Kier alpha value is -2.92. The van der Waals surface area contributed by atoms with Gasteiger partial charge in [-0.2, -0.15) is 0 Å². The summed E-state index contributed by atoms with van der Waals surface area (Å²) in [6.07, 6.45) is 8.74.